The first-order valence-electron chi connectivity index (χ1n) is 9.09. The Hall–Kier alpha value is -2.38. The standard InChI is InChI=1S/C21H25BrN2O4/c1-3-28-20-10-5-4-9-17(20)18(24-14(2)25)12-21(27)23-13-19(26)15-7-6-8-16(22)11-15/h4-11,18-19,26H,3,12-13H2,1-2H3,(H,23,27)(H,24,25)/t18-,19-/m0/s1. The lowest BCUT2D eigenvalue weighted by atomic mass is 10.0. The van der Waals surface area contributed by atoms with E-state index >= 15 is 0 Å². The predicted octanol–water partition coefficient (Wildman–Crippen LogP) is 3.26. The van der Waals surface area contributed by atoms with Crippen molar-refractivity contribution < 1.29 is 19.4 Å². The number of amides is 2. The van der Waals surface area contributed by atoms with Gasteiger partial charge in [-0.1, -0.05) is 46.3 Å². The minimum absolute atomic E-state index is 0.0366. The minimum Gasteiger partial charge on any atom is -0.494 e. The maximum Gasteiger partial charge on any atom is 0.222 e. The topological polar surface area (TPSA) is 87.7 Å². The molecule has 0 unspecified atom stereocenters. The monoisotopic (exact) mass is 448 g/mol. The van der Waals surface area contributed by atoms with Crippen molar-refractivity contribution in [3.8, 4) is 5.75 Å². The number of carbonyl (C=O) groups is 2. The van der Waals surface area contributed by atoms with E-state index in [2.05, 4.69) is 26.6 Å². The van der Waals surface area contributed by atoms with E-state index in [-0.39, 0.29) is 24.8 Å². The van der Waals surface area contributed by atoms with Crippen LogP contribution in [0, 0.1) is 0 Å². The molecule has 0 spiro atoms. The number of para-hydroxylation sites is 1. The smallest absolute Gasteiger partial charge is 0.222 e. The second-order valence-corrected chi connectivity index (χ2v) is 7.22. The van der Waals surface area contributed by atoms with Gasteiger partial charge in [0.1, 0.15) is 5.75 Å². The van der Waals surface area contributed by atoms with E-state index in [1.165, 1.54) is 6.92 Å². The average Bonchev–Trinajstić information content (AvgIpc) is 2.66. The molecule has 0 saturated heterocycles. The van der Waals surface area contributed by atoms with E-state index in [1.54, 1.807) is 12.1 Å². The number of carbonyl (C=O) groups excluding carboxylic acids is 2. The minimum atomic E-state index is -0.823. The molecule has 0 radical (unpaired) electrons. The van der Waals surface area contributed by atoms with Crippen molar-refractivity contribution in [1.29, 1.82) is 0 Å². The molecule has 6 nitrogen and oxygen atoms in total. The first kappa shape index (κ1) is 21.9. The van der Waals surface area contributed by atoms with Crippen LogP contribution in [0.15, 0.2) is 53.0 Å². The fourth-order valence-corrected chi connectivity index (χ4v) is 3.26. The summed E-state index contributed by atoms with van der Waals surface area (Å²) >= 11 is 3.36. The molecule has 0 bridgehead atoms. The zero-order chi connectivity index (χ0) is 20.5. The Morgan fingerprint density at radius 3 is 2.61 bits per heavy atom. The van der Waals surface area contributed by atoms with Crippen molar-refractivity contribution >= 4 is 27.7 Å². The van der Waals surface area contributed by atoms with Crippen LogP contribution in [0.3, 0.4) is 0 Å². The van der Waals surface area contributed by atoms with Crippen LogP contribution >= 0.6 is 15.9 Å². The molecule has 0 fully saturated rings. The Labute approximate surface area is 173 Å². The molecular weight excluding hydrogens is 424 g/mol. The lowest BCUT2D eigenvalue weighted by Gasteiger charge is -2.21. The fraction of sp³-hybridized carbons (Fsp3) is 0.333. The van der Waals surface area contributed by atoms with Crippen LogP contribution in [-0.2, 0) is 9.59 Å². The zero-order valence-corrected chi connectivity index (χ0v) is 17.5. The maximum atomic E-state index is 12.5. The first-order chi connectivity index (χ1) is 13.4. The van der Waals surface area contributed by atoms with E-state index in [0.717, 1.165) is 10.0 Å². The normalized spacial score (nSPS) is 12.7. The van der Waals surface area contributed by atoms with Gasteiger partial charge in [-0.2, -0.15) is 0 Å². The van der Waals surface area contributed by atoms with Crippen molar-refractivity contribution in [2.45, 2.75) is 32.4 Å². The van der Waals surface area contributed by atoms with Crippen LogP contribution in [-0.4, -0.2) is 30.1 Å². The average molecular weight is 449 g/mol. The summed E-state index contributed by atoms with van der Waals surface area (Å²) in [7, 11) is 0. The molecule has 2 aromatic rings. The number of aliphatic hydroxyl groups is 1. The van der Waals surface area contributed by atoms with Crippen molar-refractivity contribution in [3.63, 3.8) is 0 Å². The van der Waals surface area contributed by atoms with Gasteiger partial charge in [-0.15, -0.1) is 0 Å². The van der Waals surface area contributed by atoms with Gasteiger partial charge in [-0.3, -0.25) is 9.59 Å². The Morgan fingerprint density at radius 2 is 1.93 bits per heavy atom. The quantitative estimate of drug-likeness (QED) is 0.549. The van der Waals surface area contributed by atoms with Crippen molar-refractivity contribution in [2.24, 2.45) is 0 Å². The number of hydrogen-bond acceptors (Lipinski definition) is 4. The molecule has 0 aliphatic rings. The maximum absolute atomic E-state index is 12.5. The molecular formula is C21H25BrN2O4. The van der Waals surface area contributed by atoms with Gasteiger partial charge in [-0.25, -0.2) is 0 Å². The van der Waals surface area contributed by atoms with Gasteiger partial charge >= 0.3 is 0 Å². The largest absolute Gasteiger partial charge is 0.494 e. The molecule has 2 rings (SSSR count). The highest BCUT2D eigenvalue weighted by Crippen LogP contribution is 2.27. The van der Waals surface area contributed by atoms with Crippen molar-refractivity contribution in [3.05, 3.63) is 64.1 Å². The summed E-state index contributed by atoms with van der Waals surface area (Å²) in [6.45, 7) is 3.84. The molecule has 0 heterocycles. The molecule has 28 heavy (non-hydrogen) atoms. The molecule has 2 atom stereocenters. The fourth-order valence-electron chi connectivity index (χ4n) is 2.84. The van der Waals surface area contributed by atoms with Crippen LogP contribution in [0.25, 0.3) is 0 Å². The number of hydrogen-bond donors (Lipinski definition) is 3. The van der Waals surface area contributed by atoms with Gasteiger partial charge in [0.05, 0.1) is 25.2 Å². The summed E-state index contributed by atoms with van der Waals surface area (Å²) < 4.78 is 6.48. The summed E-state index contributed by atoms with van der Waals surface area (Å²) in [6, 6.07) is 14.1. The number of ether oxygens (including phenoxy) is 1. The summed E-state index contributed by atoms with van der Waals surface area (Å²) in [6.07, 6.45) is -0.786. The molecule has 0 saturated carbocycles. The third-order valence-electron chi connectivity index (χ3n) is 4.09. The number of aliphatic hydroxyl groups excluding tert-OH is 1. The molecule has 0 aliphatic heterocycles. The Bertz CT molecular complexity index is 812. The van der Waals surface area contributed by atoms with Gasteiger partial charge in [0.25, 0.3) is 0 Å². The van der Waals surface area contributed by atoms with Gasteiger partial charge < -0.3 is 20.5 Å². The van der Waals surface area contributed by atoms with Crippen LogP contribution < -0.4 is 15.4 Å². The van der Waals surface area contributed by atoms with Crippen LogP contribution in [0.2, 0.25) is 0 Å². The molecule has 0 aliphatic carbocycles. The van der Waals surface area contributed by atoms with E-state index in [9.17, 15) is 14.7 Å². The van der Waals surface area contributed by atoms with Crippen LogP contribution in [0.5, 0.6) is 5.75 Å². The molecule has 0 aromatic heterocycles. The van der Waals surface area contributed by atoms with Crippen LogP contribution in [0.1, 0.15) is 43.5 Å². The molecule has 150 valence electrons. The highest BCUT2D eigenvalue weighted by molar-refractivity contribution is 9.10. The summed E-state index contributed by atoms with van der Waals surface area (Å²) in [4.78, 5) is 24.1. The van der Waals surface area contributed by atoms with E-state index in [1.807, 2.05) is 43.3 Å². The third kappa shape index (κ3) is 6.65. The second-order valence-electron chi connectivity index (χ2n) is 6.30. The van der Waals surface area contributed by atoms with Crippen LogP contribution in [0.4, 0.5) is 0 Å². The van der Waals surface area contributed by atoms with Crippen molar-refractivity contribution in [1.82, 2.24) is 10.6 Å². The van der Waals surface area contributed by atoms with Gasteiger partial charge in [0.2, 0.25) is 11.8 Å². The summed E-state index contributed by atoms with van der Waals surface area (Å²) in [5.74, 6) is 0.114. The molecule has 2 amide bonds. The summed E-state index contributed by atoms with van der Waals surface area (Å²) in [5.41, 5.74) is 1.44. The van der Waals surface area contributed by atoms with Gasteiger partial charge in [-0.05, 0) is 30.7 Å². The number of nitrogens with one attached hydrogen (secondary N) is 2. The van der Waals surface area contributed by atoms with E-state index in [4.69, 9.17) is 4.74 Å². The van der Waals surface area contributed by atoms with E-state index < -0.39 is 12.1 Å². The van der Waals surface area contributed by atoms with E-state index in [0.29, 0.717) is 17.9 Å². The third-order valence-corrected chi connectivity index (χ3v) is 4.58. The lowest BCUT2D eigenvalue weighted by Crippen LogP contribution is -2.34. The molecule has 3 N–H and O–H groups in total. The molecule has 2 aromatic carbocycles. The number of halogens is 1. The SMILES string of the molecule is CCOc1ccccc1[C@H](CC(=O)NC[C@H](O)c1cccc(Br)c1)NC(C)=O. The van der Waals surface area contributed by atoms with Gasteiger partial charge in [0.15, 0.2) is 0 Å². The zero-order valence-electron chi connectivity index (χ0n) is 15.9. The Balaban J connectivity index is 2.04. The number of benzene rings is 2. The highest BCUT2D eigenvalue weighted by Gasteiger charge is 2.21. The highest BCUT2D eigenvalue weighted by atomic mass is 79.9. The van der Waals surface area contributed by atoms with Gasteiger partial charge in [0, 0.05) is 23.5 Å². The lowest BCUT2D eigenvalue weighted by molar-refractivity contribution is -0.123. The number of rotatable bonds is 9. The predicted molar refractivity (Wildman–Crippen MR) is 111 cm³/mol. The second kappa shape index (κ2) is 10.8. The Morgan fingerprint density at radius 1 is 1.18 bits per heavy atom. The first-order valence-corrected chi connectivity index (χ1v) is 9.89. The summed E-state index contributed by atoms with van der Waals surface area (Å²) in [5, 5.41) is 15.8. The van der Waals surface area contributed by atoms with Crippen molar-refractivity contribution in [2.75, 3.05) is 13.2 Å². The Kier molecular flexibility index (Phi) is 8.47. The molecule has 7 heteroatoms.